The van der Waals surface area contributed by atoms with Gasteiger partial charge in [0.25, 0.3) is 0 Å². The summed E-state index contributed by atoms with van der Waals surface area (Å²) in [7, 11) is 3.06. The first-order valence-electron chi connectivity index (χ1n) is 7.24. The molecule has 0 saturated carbocycles. The molecule has 9 heteroatoms. The Hall–Kier alpha value is -0.740. The SMILES string of the molecule is CN=C(NCCc1ccc(Cl)cc1)NCCN(C)CC(F)(F)F.I. The quantitative estimate of drug-likeness (QED) is 0.359. The number of benzene rings is 1. The van der Waals surface area contributed by atoms with Crippen LogP contribution in [0.25, 0.3) is 0 Å². The van der Waals surface area contributed by atoms with Crippen molar-refractivity contribution in [1.82, 2.24) is 15.5 Å². The van der Waals surface area contributed by atoms with Crippen LogP contribution in [0.3, 0.4) is 0 Å². The lowest BCUT2D eigenvalue weighted by Gasteiger charge is -2.19. The molecule has 1 aromatic carbocycles. The van der Waals surface area contributed by atoms with E-state index < -0.39 is 12.7 Å². The molecule has 0 radical (unpaired) electrons. The molecule has 0 aliphatic carbocycles. The molecule has 1 rings (SSSR count). The van der Waals surface area contributed by atoms with E-state index in [4.69, 9.17) is 11.6 Å². The van der Waals surface area contributed by atoms with Crippen LogP contribution >= 0.6 is 35.6 Å². The van der Waals surface area contributed by atoms with Crippen molar-refractivity contribution in [2.45, 2.75) is 12.6 Å². The molecular weight excluding hydrogens is 456 g/mol. The molecule has 138 valence electrons. The van der Waals surface area contributed by atoms with Crippen LogP contribution in [-0.2, 0) is 6.42 Å². The van der Waals surface area contributed by atoms with E-state index in [-0.39, 0.29) is 30.5 Å². The molecule has 0 saturated heterocycles. The highest BCUT2D eigenvalue weighted by Gasteiger charge is 2.28. The zero-order valence-corrected chi connectivity index (χ0v) is 16.7. The van der Waals surface area contributed by atoms with Gasteiger partial charge in [-0.2, -0.15) is 13.2 Å². The number of likely N-dealkylation sites (N-methyl/N-ethyl adjacent to an activating group) is 1. The first kappa shape index (κ1) is 23.3. The van der Waals surface area contributed by atoms with Gasteiger partial charge in [-0.1, -0.05) is 23.7 Å². The van der Waals surface area contributed by atoms with E-state index in [1.807, 2.05) is 24.3 Å². The van der Waals surface area contributed by atoms with Crippen molar-refractivity contribution < 1.29 is 13.2 Å². The average Bonchev–Trinajstić information content (AvgIpc) is 2.45. The van der Waals surface area contributed by atoms with Crippen LogP contribution < -0.4 is 10.6 Å². The molecular formula is C15H23ClF3IN4. The number of hydrogen-bond donors (Lipinski definition) is 2. The van der Waals surface area contributed by atoms with Crippen LogP contribution in [-0.4, -0.2) is 57.3 Å². The van der Waals surface area contributed by atoms with Gasteiger partial charge in [0.15, 0.2) is 5.96 Å². The Balaban J connectivity index is 0.00000529. The zero-order valence-electron chi connectivity index (χ0n) is 13.7. The molecule has 0 aromatic heterocycles. The van der Waals surface area contributed by atoms with Crippen LogP contribution in [0.4, 0.5) is 13.2 Å². The van der Waals surface area contributed by atoms with Crippen molar-refractivity contribution in [2.24, 2.45) is 4.99 Å². The average molecular weight is 479 g/mol. The van der Waals surface area contributed by atoms with Crippen LogP contribution in [0.5, 0.6) is 0 Å². The van der Waals surface area contributed by atoms with Crippen LogP contribution in [0, 0.1) is 0 Å². The van der Waals surface area contributed by atoms with Crippen molar-refractivity contribution in [3.8, 4) is 0 Å². The summed E-state index contributed by atoms with van der Waals surface area (Å²) in [6.07, 6.45) is -3.38. The highest BCUT2D eigenvalue weighted by Crippen LogP contribution is 2.15. The van der Waals surface area contributed by atoms with Gasteiger partial charge in [-0.15, -0.1) is 24.0 Å². The predicted molar refractivity (Wildman–Crippen MR) is 103 cm³/mol. The molecule has 4 nitrogen and oxygen atoms in total. The Bertz CT molecular complexity index is 494. The lowest BCUT2D eigenvalue weighted by atomic mass is 10.1. The summed E-state index contributed by atoms with van der Waals surface area (Å²) >= 11 is 5.82. The fraction of sp³-hybridized carbons (Fsp3) is 0.533. The van der Waals surface area contributed by atoms with Crippen molar-refractivity contribution in [2.75, 3.05) is 40.3 Å². The summed E-state index contributed by atoms with van der Waals surface area (Å²) < 4.78 is 36.6. The van der Waals surface area contributed by atoms with E-state index >= 15 is 0 Å². The number of alkyl halides is 3. The number of nitrogens with zero attached hydrogens (tertiary/aromatic N) is 2. The molecule has 0 aliphatic heterocycles. The maximum atomic E-state index is 12.2. The smallest absolute Gasteiger partial charge is 0.356 e. The lowest BCUT2D eigenvalue weighted by molar-refractivity contribution is -0.142. The van der Waals surface area contributed by atoms with Gasteiger partial charge >= 0.3 is 6.18 Å². The zero-order chi connectivity index (χ0) is 17.3. The largest absolute Gasteiger partial charge is 0.401 e. The van der Waals surface area contributed by atoms with E-state index in [0.29, 0.717) is 24.1 Å². The number of hydrogen-bond acceptors (Lipinski definition) is 2. The number of guanidine groups is 1. The summed E-state index contributed by atoms with van der Waals surface area (Å²) in [6, 6.07) is 7.57. The minimum Gasteiger partial charge on any atom is -0.356 e. The Morgan fingerprint density at radius 2 is 1.75 bits per heavy atom. The molecule has 24 heavy (non-hydrogen) atoms. The van der Waals surface area contributed by atoms with Crippen LogP contribution in [0.2, 0.25) is 5.02 Å². The first-order chi connectivity index (χ1) is 10.8. The van der Waals surface area contributed by atoms with Gasteiger partial charge in [-0.05, 0) is 31.2 Å². The van der Waals surface area contributed by atoms with E-state index in [1.54, 1.807) is 7.05 Å². The van der Waals surface area contributed by atoms with Crippen LogP contribution in [0.15, 0.2) is 29.3 Å². The van der Waals surface area contributed by atoms with Crippen molar-refractivity contribution in [3.05, 3.63) is 34.9 Å². The summed E-state index contributed by atoms with van der Waals surface area (Å²) in [4.78, 5) is 5.25. The number of aliphatic imine (C=N–C) groups is 1. The Morgan fingerprint density at radius 3 is 2.29 bits per heavy atom. The summed E-state index contributed by atoms with van der Waals surface area (Å²) in [5, 5.41) is 6.81. The Labute approximate surface area is 162 Å². The number of rotatable bonds is 7. The molecule has 0 heterocycles. The van der Waals surface area contributed by atoms with Gasteiger partial charge < -0.3 is 10.6 Å². The molecule has 0 unspecified atom stereocenters. The fourth-order valence-corrected chi connectivity index (χ4v) is 2.07. The normalized spacial score (nSPS) is 12.0. The third-order valence-electron chi connectivity index (χ3n) is 3.08. The second-order valence-corrected chi connectivity index (χ2v) is 5.59. The minimum atomic E-state index is -4.17. The molecule has 0 aliphatic rings. The molecule has 0 bridgehead atoms. The molecule has 0 fully saturated rings. The first-order valence-corrected chi connectivity index (χ1v) is 7.62. The third kappa shape index (κ3) is 10.9. The molecule has 0 spiro atoms. The number of nitrogens with one attached hydrogen (secondary N) is 2. The second kappa shape index (κ2) is 11.8. The van der Waals surface area contributed by atoms with E-state index in [9.17, 15) is 13.2 Å². The second-order valence-electron chi connectivity index (χ2n) is 5.16. The molecule has 2 N–H and O–H groups in total. The molecule has 1 aromatic rings. The van der Waals surface area contributed by atoms with Crippen molar-refractivity contribution in [1.29, 1.82) is 0 Å². The van der Waals surface area contributed by atoms with Gasteiger partial charge in [0, 0.05) is 31.7 Å². The topological polar surface area (TPSA) is 39.7 Å². The highest BCUT2D eigenvalue weighted by molar-refractivity contribution is 14.0. The highest BCUT2D eigenvalue weighted by atomic mass is 127. The maximum Gasteiger partial charge on any atom is 0.401 e. The Morgan fingerprint density at radius 1 is 1.17 bits per heavy atom. The monoisotopic (exact) mass is 478 g/mol. The van der Waals surface area contributed by atoms with Gasteiger partial charge in [0.05, 0.1) is 6.54 Å². The predicted octanol–water partition coefficient (Wildman–Crippen LogP) is 3.16. The molecule has 0 amide bonds. The van der Waals surface area contributed by atoms with Gasteiger partial charge in [0.2, 0.25) is 0 Å². The van der Waals surface area contributed by atoms with Crippen molar-refractivity contribution >= 4 is 41.5 Å². The van der Waals surface area contributed by atoms with Crippen LogP contribution in [0.1, 0.15) is 5.56 Å². The third-order valence-corrected chi connectivity index (χ3v) is 3.33. The fourth-order valence-electron chi connectivity index (χ4n) is 1.95. The number of halogens is 5. The van der Waals surface area contributed by atoms with E-state index in [0.717, 1.165) is 12.0 Å². The van der Waals surface area contributed by atoms with Crippen molar-refractivity contribution in [3.63, 3.8) is 0 Å². The summed E-state index contributed by atoms with van der Waals surface area (Å²) in [5.74, 6) is 0.569. The Kier molecular flexibility index (Phi) is 11.4. The minimum absolute atomic E-state index is 0. The summed E-state index contributed by atoms with van der Waals surface area (Å²) in [6.45, 7) is 0.404. The van der Waals surface area contributed by atoms with Gasteiger partial charge in [-0.25, -0.2) is 0 Å². The van der Waals surface area contributed by atoms with Gasteiger partial charge in [-0.3, -0.25) is 9.89 Å². The maximum absolute atomic E-state index is 12.2. The van der Waals surface area contributed by atoms with E-state index in [2.05, 4.69) is 15.6 Å². The standard InChI is InChI=1S/C15H22ClF3N4.HI/c1-20-14(22-9-10-23(2)11-15(17,18)19)21-8-7-12-3-5-13(16)6-4-12;/h3-6H,7-11H2,1-2H3,(H2,20,21,22);1H. The lowest BCUT2D eigenvalue weighted by Crippen LogP contribution is -2.42. The van der Waals surface area contributed by atoms with Gasteiger partial charge in [0.1, 0.15) is 0 Å². The summed E-state index contributed by atoms with van der Waals surface area (Å²) in [5.41, 5.74) is 1.14. The molecule has 0 atom stereocenters. The van der Waals surface area contributed by atoms with E-state index in [1.165, 1.54) is 11.9 Å².